The van der Waals surface area contributed by atoms with Gasteiger partial charge in [0.15, 0.2) is 0 Å². The quantitative estimate of drug-likeness (QED) is 0.410. The molecule has 0 N–H and O–H groups in total. The van der Waals surface area contributed by atoms with Crippen molar-refractivity contribution in [3.63, 3.8) is 0 Å². The summed E-state index contributed by atoms with van der Waals surface area (Å²) in [6.07, 6.45) is 10.8. The Morgan fingerprint density at radius 1 is 1.20 bits per heavy atom. The highest BCUT2D eigenvalue weighted by Gasteiger charge is 2.67. The fourth-order valence-electron chi connectivity index (χ4n) is 5.23. The molecule has 1 heterocycles. The van der Waals surface area contributed by atoms with Crippen molar-refractivity contribution in [2.24, 2.45) is 17.3 Å². The zero-order chi connectivity index (χ0) is 18.4. The molecule has 6 atom stereocenters. The molecule has 0 unspecified atom stereocenters. The van der Waals surface area contributed by atoms with Crippen molar-refractivity contribution in [3.8, 4) is 0 Å². The molecular weight excluding hydrogens is 312 g/mol. The average molecular weight is 344 g/mol. The van der Waals surface area contributed by atoms with Crippen molar-refractivity contribution in [1.82, 2.24) is 0 Å². The van der Waals surface area contributed by atoms with Crippen LogP contribution in [0.3, 0.4) is 0 Å². The highest BCUT2D eigenvalue weighted by molar-refractivity contribution is 5.66. The highest BCUT2D eigenvalue weighted by Crippen LogP contribution is 2.62. The first-order valence-corrected chi connectivity index (χ1v) is 9.53. The molecule has 0 aromatic carbocycles. The van der Waals surface area contributed by atoms with E-state index in [1.54, 1.807) is 0 Å². The third kappa shape index (κ3) is 3.36. The molecule has 3 fully saturated rings. The Hall–Kier alpha value is -1.35. The molecule has 0 amide bonds. The molecule has 1 saturated heterocycles. The lowest BCUT2D eigenvalue weighted by Crippen LogP contribution is -2.43. The summed E-state index contributed by atoms with van der Waals surface area (Å²) < 4.78 is 11.8. The molecule has 3 aliphatic rings. The first-order valence-electron chi connectivity index (χ1n) is 9.53. The number of carbonyl (C=O) groups is 1. The minimum Gasteiger partial charge on any atom is -0.459 e. The number of rotatable bonds is 4. The van der Waals surface area contributed by atoms with Gasteiger partial charge in [-0.05, 0) is 58.3 Å². The molecule has 2 saturated carbocycles. The van der Waals surface area contributed by atoms with E-state index in [2.05, 4.69) is 45.6 Å². The Labute approximate surface area is 152 Å². The van der Waals surface area contributed by atoms with Crippen molar-refractivity contribution in [1.29, 1.82) is 0 Å². The summed E-state index contributed by atoms with van der Waals surface area (Å²) >= 11 is 0. The number of esters is 1. The summed E-state index contributed by atoms with van der Waals surface area (Å²) in [6.45, 7) is 14.2. The van der Waals surface area contributed by atoms with E-state index in [1.165, 1.54) is 12.5 Å². The van der Waals surface area contributed by atoms with Crippen LogP contribution in [0.1, 0.15) is 60.3 Å². The van der Waals surface area contributed by atoms with E-state index < -0.39 is 0 Å². The molecule has 0 aromatic heterocycles. The lowest BCUT2D eigenvalue weighted by atomic mass is 9.70. The second-order valence-corrected chi connectivity index (χ2v) is 8.79. The summed E-state index contributed by atoms with van der Waals surface area (Å²) in [4.78, 5) is 11.7. The third-order valence-electron chi connectivity index (χ3n) is 6.76. The lowest BCUT2D eigenvalue weighted by molar-refractivity contribution is -0.157. The zero-order valence-corrected chi connectivity index (χ0v) is 16.3. The summed E-state index contributed by atoms with van der Waals surface area (Å²) in [5.41, 5.74) is 2.39. The number of allylic oxidation sites excluding steroid dienone is 5. The van der Waals surface area contributed by atoms with Crippen molar-refractivity contribution < 1.29 is 14.3 Å². The highest BCUT2D eigenvalue weighted by atomic mass is 16.6. The summed E-state index contributed by atoms with van der Waals surface area (Å²) in [6, 6.07) is 0. The second-order valence-electron chi connectivity index (χ2n) is 8.79. The first-order chi connectivity index (χ1) is 11.7. The van der Waals surface area contributed by atoms with E-state index >= 15 is 0 Å². The average Bonchev–Trinajstić information content (AvgIpc) is 3.06. The molecule has 138 valence electrons. The number of carbonyl (C=O) groups excluding carboxylic acids is 1. The zero-order valence-electron chi connectivity index (χ0n) is 16.3. The fraction of sp³-hybridized carbons (Fsp3) is 0.682. The predicted molar refractivity (Wildman–Crippen MR) is 100 cm³/mol. The maximum absolute atomic E-state index is 11.7. The largest absolute Gasteiger partial charge is 0.459 e. The number of epoxide rings is 1. The maximum atomic E-state index is 11.7. The van der Waals surface area contributed by atoms with Gasteiger partial charge in [-0.1, -0.05) is 42.9 Å². The van der Waals surface area contributed by atoms with Crippen molar-refractivity contribution in [3.05, 3.63) is 36.0 Å². The van der Waals surface area contributed by atoms with E-state index in [4.69, 9.17) is 9.47 Å². The van der Waals surface area contributed by atoms with Crippen LogP contribution in [0.25, 0.3) is 0 Å². The van der Waals surface area contributed by atoms with Crippen LogP contribution in [0, 0.1) is 17.3 Å². The van der Waals surface area contributed by atoms with Crippen LogP contribution in [-0.4, -0.2) is 23.8 Å². The van der Waals surface area contributed by atoms with Gasteiger partial charge in [0.05, 0.1) is 5.60 Å². The first kappa shape index (κ1) is 18.4. The summed E-state index contributed by atoms with van der Waals surface area (Å²) in [5.74, 6) is 0.906. The lowest BCUT2D eigenvalue weighted by Gasteiger charge is -2.38. The van der Waals surface area contributed by atoms with Gasteiger partial charge in [0.25, 0.3) is 0 Å². The Kier molecular flexibility index (Phi) is 4.74. The molecule has 3 nitrogen and oxygen atoms in total. The molecule has 3 rings (SSSR count). The Morgan fingerprint density at radius 2 is 1.92 bits per heavy atom. The molecule has 1 aliphatic heterocycles. The van der Waals surface area contributed by atoms with Gasteiger partial charge >= 0.3 is 5.97 Å². The van der Waals surface area contributed by atoms with E-state index in [0.29, 0.717) is 11.8 Å². The standard InChI is InChI=1S/C22H32O3/c1-14(2)8-7-9-15(3)17-10-12-21(5)18(17)11-13-22(6)20(25-22)19(21)24-16(4)23/h7-9,17-20H,1,10-13H2,2-6H3/b8-7+,15-9-/t17-,18-,19+,20-,21-,22+/m0/s1. The van der Waals surface area contributed by atoms with Crippen molar-refractivity contribution in [2.75, 3.05) is 0 Å². The number of hydrogen-bond donors (Lipinski definition) is 0. The SMILES string of the molecule is C=C(C)/C=C/C=C(/C)[C@@H]1CC[C@]2(C)[C@H](OC(C)=O)[C@@H]3O[C@]3(C)CC[C@@H]12. The normalized spacial score (nSPS) is 43.3. The van der Waals surface area contributed by atoms with Gasteiger partial charge in [0, 0.05) is 12.3 Å². The monoisotopic (exact) mass is 344 g/mol. The van der Waals surface area contributed by atoms with Crippen LogP contribution < -0.4 is 0 Å². The van der Waals surface area contributed by atoms with Crippen LogP contribution in [0.4, 0.5) is 0 Å². The van der Waals surface area contributed by atoms with E-state index in [9.17, 15) is 4.79 Å². The van der Waals surface area contributed by atoms with E-state index in [0.717, 1.165) is 31.3 Å². The van der Waals surface area contributed by atoms with Gasteiger partial charge in [-0.25, -0.2) is 0 Å². The minimum absolute atomic E-state index is 0.00241. The molecule has 0 bridgehead atoms. The molecule has 0 aromatic rings. The second kappa shape index (κ2) is 6.42. The van der Waals surface area contributed by atoms with Crippen LogP contribution in [0.2, 0.25) is 0 Å². The number of hydrogen-bond acceptors (Lipinski definition) is 3. The molecule has 2 aliphatic carbocycles. The molecule has 25 heavy (non-hydrogen) atoms. The number of ether oxygens (including phenoxy) is 2. The fourth-order valence-corrected chi connectivity index (χ4v) is 5.23. The number of fused-ring (bicyclic) bond motifs is 2. The third-order valence-corrected chi connectivity index (χ3v) is 6.76. The van der Waals surface area contributed by atoms with Crippen LogP contribution in [-0.2, 0) is 14.3 Å². The summed E-state index contributed by atoms with van der Waals surface area (Å²) in [5, 5.41) is 0. The predicted octanol–water partition coefficient (Wildman–Crippen LogP) is 4.98. The smallest absolute Gasteiger partial charge is 0.303 e. The van der Waals surface area contributed by atoms with Crippen molar-refractivity contribution in [2.45, 2.75) is 78.1 Å². The Morgan fingerprint density at radius 3 is 2.56 bits per heavy atom. The van der Waals surface area contributed by atoms with Crippen LogP contribution >= 0.6 is 0 Å². The topological polar surface area (TPSA) is 38.8 Å². The minimum atomic E-state index is -0.190. The van der Waals surface area contributed by atoms with Gasteiger partial charge in [-0.2, -0.15) is 0 Å². The molecule has 0 radical (unpaired) electrons. The van der Waals surface area contributed by atoms with Gasteiger partial charge in [-0.15, -0.1) is 0 Å². The Bertz CT molecular complexity index is 631. The Balaban J connectivity index is 1.86. The molecular formula is C22H32O3. The maximum Gasteiger partial charge on any atom is 0.303 e. The van der Waals surface area contributed by atoms with Gasteiger partial charge < -0.3 is 9.47 Å². The molecule has 3 heteroatoms. The van der Waals surface area contributed by atoms with Crippen LogP contribution in [0.5, 0.6) is 0 Å². The van der Waals surface area contributed by atoms with E-state index in [1.807, 2.05) is 6.92 Å². The molecule has 0 spiro atoms. The van der Waals surface area contributed by atoms with Crippen LogP contribution in [0.15, 0.2) is 36.0 Å². The van der Waals surface area contributed by atoms with Crippen molar-refractivity contribution >= 4 is 5.97 Å². The summed E-state index contributed by atoms with van der Waals surface area (Å²) in [7, 11) is 0. The van der Waals surface area contributed by atoms with Gasteiger partial charge in [0.2, 0.25) is 0 Å². The van der Waals surface area contributed by atoms with Gasteiger partial charge in [0.1, 0.15) is 12.2 Å². The van der Waals surface area contributed by atoms with Gasteiger partial charge in [-0.3, -0.25) is 4.79 Å². The van der Waals surface area contributed by atoms with E-state index in [-0.39, 0.29) is 29.2 Å².